The van der Waals surface area contributed by atoms with Crippen molar-refractivity contribution in [1.29, 1.82) is 0 Å². The second kappa shape index (κ2) is 7.69. The molecule has 4 heteroatoms. The van der Waals surface area contributed by atoms with Crippen molar-refractivity contribution in [2.45, 2.75) is 37.6 Å². The van der Waals surface area contributed by atoms with Crippen LogP contribution in [0.1, 0.15) is 31.7 Å². The lowest BCUT2D eigenvalue weighted by Gasteiger charge is -2.33. The van der Waals surface area contributed by atoms with E-state index in [-0.39, 0.29) is 11.3 Å². The van der Waals surface area contributed by atoms with E-state index < -0.39 is 0 Å². The molecule has 4 rings (SSSR count). The topological polar surface area (TPSA) is 32.3 Å². The third-order valence-corrected chi connectivity index (χ3v) is 6.75. The van der Waals surface area contributed by atoms with E-state index in [2.05, 4.69) is 71.3 Å². The molecule has 0 aromatic heterocycles. The molecule has 3 atom stereocenters. The highest BCUT2D eigenvalue weighted by atomic mass is 32.2. The first kappa shape index (κ1) is 18.6. The van der Waals surface area contributed by atoms with Crippen LogP contribution in [-0.4, -0.2) is 36.2 Å². The van der Waals surface area contributed by atoms with Crippen molar-refractivity contribution >= 4 is 17.9 Å². The van der Waals surface area contributed by atoms with Crippen LogP contribution in [-0.2, 0) is 10.2 Å². The predicted molar refractivity (Wildman–Crippen MR) is 114 cm³/mol. The van der Waals surface area contributed by atoms with Gasteiger partial charge >= 0.3 is 0 Å². The van der Waals surface area contributed by atoms with Crippen LogP contribution in [0.3, 0.4) is 0 Å². The third kappa shape index (κ3) is 3.65. The smallest absolute Gasteiger partial charge is 0.226 e. The number of rotatable bonds is 5. The molecule has 27 heavy (non-hydrogen) atoms. The van der Waals surface area contributed by atoms with E-state index in [1.165, 1.54) is 16.7 Å². The molecule has 0 radical (unpaired) electrons. The highest BCUT2D eigenvalue weighted by molar-refractivity contribution is 7.96. The number of carbonyl (C=O) groups excluding carboxylic acids is 1. The van der Waals surface area contributed by atoms with Crippen LogP contribution >= 0.6 is 11.9 Å². The van der Waals surface area contributed by atoms with Crippen LogP contribution in [0.25, 0.3) is 11.1 Å². The van der Waals surface area contributed by atoms with E-state index in [0.717, 1.165) is 32.4 Å². The first-order valence-corrected chi connectivity index (χ1v) is 11.1. The molecule has 1 aliphatic carbocycles. The average molecular weight is 381 g/mol. The number of nitrogens with one attached hydrogen (secondary N) is 1. The summed E-state index contributed by atoms with van der Waals surface area (Å²) in [7, 11) is 0. The monoisotopic (exact) mass is 380 g/mol. The Bertz CT molecular complexity index is 807. The van der Waals surface area contributed by atoms with Gasteiger partial charge in [0.05, 0.1) is 0 Å². The summed E-state index contributed by atoms with van der Waals surface area (Å²) < 4.78 is 3.43. The van der Waals surface area contributed by atoms with Crippen LogP contribution in [0.15, 0.2) is 54.6 Å². The van der Waals surface area contributed by atoms with Crippen LogP contribution in [0.5, 0.6) is 0 Å². The summed E-state index contributed by atoms with van der Waals surface area (Å²) in [6.45, 7) is 4.00. The van der Waals surface area contributed by atoms with Crippen LogP contribution in [0.2, 0.25) is 0 Å². The van der Waals surface area contributed by atoms with Gasteiger partial charge in [-0.25, -0.2) is 0 Å². The van der Waals surface area contributed by atoms with Gasteiger partial charge in [-0.15, -0.1) is 0 Å². The van der Waals surface area contributed by atoms with Gasteiger partial charge in [-0.3, -0.25) is 9.52 Å². The SMILES string of the molecule is CSNC1CCCN(C(=O)C2CC2(C)c2ccccc2-c2ccccc2)C1. The molecule has 2 fully saturated rings. The number of benzene rings is 2. The number of carbonyl (C=O) groups is 1. The molecular weight excluding hydrogens is 352 g/mol. The molecule has 0 spiro atoms. The Morgan fingerprint density at radius 2 is 1.89 bits per heavy atom. The zero-order chi connectivity index (χ0) is 18.9. The van der Waals surface area contributed by atoms with E-state index in [1.54, 1.807) is 11.9 Å². The molecule has 1 amide bonds. The number of likely N-dealkylation sites (tertiary alicyclic amines) is 1. The van der Waals surface area contributed by atoms with E-state index in [4.69, 9.17) is 0 Å². The Balaban J connectivity index is 1.54. The maximum atomic E-state index is 13.2. The van der Waals surface area contributed by atoms with Gasteiger partial charge in [-0.05, 0) is 42.2 Å². The second-order valence-electron chi connectivity index (χ2n) is 8.03. The minimum Gasteiger partial charge on any atom is -0.341 e. The average Bonchev–Trinajstić information content (AvgIpc) is 3.41. The number of nitrogens with zero attached hydrogens (tertiary/aromatic N) is 1. The van der Waals surface area contributed by atoms with Gasteiger partial charge < -0.3 is 4.90 Å². The molecule has 2 aliphatic rings. The molecular formula is C23H28N2OS. The van der Waals surface area contributed by atoms with Crippen molar-refractivity contribution in [2.24, 2.45) is 5.92 Å². The Morgan fingerprint density at radius 3 is 2.67 bits per heavy atom. The van der Waals surface area contributed by atoms with E-state index >= 15 is 0 Å². The van der Waals surface area contributed by atoms with Crippen LogP contribution < -0.4 is 4.72 Å². The summed E-state index contributed by atoms with van der Waals surface area (Å²) in [4.78, 5) is 15.3. The van der Waals surface area contributed by atoms with E-state index in [0.29, 0.717) is 11.9 Å². The van der Waals surface area contributed by atoms with Gasteiger partial charge in [0.1, 0.15) is 0 Å². The van der Waals surface area contributed by atoms with E-state index in [9.17, 15) is 4.79 Å². The van der Waals surface area contributed by atoms with E-state index in [1.807, 2.05) is 6.07 Å². The lowest BCUT2D eigenvalue weighted by Crippen LogP contribution is -2.47. The fourth-order valence-electron chi connectivity index (χ4n) is 4.53. The fourth-order valence-corrected chi connectivity index (χ4v) is 5.06. The lowest BCUT2D eigenvalue weighted by atomic mass is 9.87. The molecule has 142 valence electrons. The number of amides is 1. The molecule has 3 unspecified atom stereocenters. The fraction of sp³-hybridized carbons (Fsp3) is 0.435. The molecule has 3 nitrogen and oxygen atoms in total. The minimum absolute atomic E-state index is 0.0522. The quantitative estimate of drug-likeness (QED) is 0.776. The van der Waals surface area contributed by atoms with Gasteiger partial charge in [0, 0.05) is 30.5 Å². The maximum Gasteiger partial charge on any atom is 0.226 e. The van der Waals surface area contributed by atoms with Crippen molar-refractivity contribution in [3.63, 3.8) is 0 Å². The van der Waals surface area contributed by atoms with Crippen LogP contribution in [0.4, 0.5) is 0 Å². The standard InChI is InChI=1S/C23H28N2OS/c1-23(20-13-7-6-12-19(20)17-9-4-3-5-10-17)15-21(23)22(26)25-14-8-11-18(16-25)24-27-2/h3-7,9-10,12-13,18,21,24H,8,11,14-16H2,1-2H3. The summed E-state index contributed by atoms with van der Waals surface area (Å²) in [5.74, 6) is 0.448. The third-order valence-electron chi connectivity index (χ3n) is 6.18. The molecule has 1 heterocycles. The lowest BCUT2D eigenvalue weighted by molar-refractivity contribution is -0.134. The van der Waals surface area contributed by atoms with Gasteiger partial charge in [-0.1, -0.05) is 73.5 Å². The highest BCUT2D eigenvalue weighted by Crippen LogP contribution is 2.57. The molecule has 1 aliphatic heterocycles. The number of hydrogen-bond acceptors (Lipinski definition) is 3. The molecule has 2 aromatic carbocycles. The summed E-state index contributed by atoms with van der Waals surface area (Å²) >= 11 is 1.65. The summed E-state index contributed by atoms with van der Waals surface area (Å²) in [5.41, 5.74) is 3.75. The zero-order valence-corrected chi connectivity index (χ0v) is 17.0. The minimum atomic E-state index is -0.0522. The highest BCUT2D eigenvalue weighted by Gasteiger charge is 2.57. The van der Waals surface area contributed by atoms with Crippen molar-refractivity contribution in [3.8, 4) is 11.1 Å². The Labute approximate surface area is 166 Å². The molecule has 1 saturated heterocycles. The van der Waals surface area contributed by atoms with Gasteiger partial charge in [0.25, 0.3) is 0 Å². The Kier molecular flexibility index (Phi) is 5.29. The molecule has 0 bridgehead atoms. The summed E-state index contributed by atoms with van der Waals surface area (Å²) in [6, 6.07) is 19.5. The molecule has 2 aromatic rings. The maximum absolute atomic E-state index is 13.2. The number of hydrogen-bond donors (Lipinski definition) is 1. The van der Waals surface area contributed by atoms with Crippen molar-refractivity contribution in [2.75, 3.05) is 19.3 Å². The predicted octanol–water partition coefficient (Wildman–Crippen LogP) is 4.49. The van der Waals surface area contributed by atoms with Crippen LogP contribution in [0, 0.1) is 5.92 Å². The summed E-state index contributed by atoms with van der Waals surface area (Å²) in [5, 5.41) is 0. The largest absolute Gasteiger partial charge is 0.341 e. The normalized spacial score (nSPS) is 27.4. The first-order valence-electron chi connectivity index (χ1n) is 9.85. The second-order valence-corrected chi connectivity index (χ2v) is 8.68. The zero-order valence-electron chi connectivity index (χ0n) is 16.2. The Morgan fingerprint density at radius 1 is 1.15 bits per heavy atom. The summed E-state index contributed by atoms with van der Waals surface area (Å²) in [6.07, 6.45) is 5.25. The Hall–Kier alpha value is -1.78. The van der Waals surface area contributed by atoms with Gasteiger partial charge in [-0.2, -0.15) is 0 Å². The molecule has 1 saturated carbocycles. The first-order chi connectivity index (χ1) is 13.1. The number of piperidine rings is 1. The van der Waals surface area contributed by atoms with Gasteiger partial charge in [0.15, 0.2) is 0 Å². The van der Waals surface area contributed by atoms with Crippen molar-refractivity contribution < 1.29 is 4.79 Å². The van der Waals surface area contributed by atoms with Crippen molar-refractivity contribution in [1.82, 2.24) is 9.62 Å². The van der Waals surface area contributed by atoms with Gasteiger partial charge in [0.2, 0.25) is 5.91 Å². The molecule has 1 N–H and O–H groups in total. The van der Waals surface area contributed by atoms with Crippen molar-refractivity contribution in [3.05, 3.63) is 60.2 Å².